The van der Waals surface area contributed by atoms with Crippen molar-refractivity contribution in [2.45, 2.75) is 13.2 Å². The molecule has 1 heterocycles. The average molecular weight is 396 g/mol. The van der Waals surface area contributed by atoms with Gasteiger partial charge in [-0.2, -0.15) is 0 Å². The Morgan fingerprint density at radius 1 is 0.833 bits per heavy atom. The summed E-state index contributed by atoms with van der Waals surface area (Å²) in [5.74, 6) is 0.868. The van der Waals surface area contributed by atoms with Crippen molar-refractivity contribution in [1.82, 2.24) is 4.57 Å². The monoisotopic (exact) mass is 395 g/mol. The number of ether oxygens (including phenoxy) is 1. The summed E-state index contributed by atoms with van der Waals surface area (Å²) >= 11 is 0. The molecule has 0 fully saturated rings. The maximum atomic E-state index is 6.04. The maximum Gasteiger partial charge on any atom is 0.120 e. The number of pyridine rings is 1. The molecular formula is C26H25N3O. The Labute approximate surface area is 176 Å². The number of nitrogens with two attached hydrogens (primary N) is 1. The highest BCUT2D eigenvalue weighted by atomic mass is 16.5. The number of nitrogens with zero attached hydrogens (tertiary/aromatic N) is 2. The summed E-state index contributed by atoms with van der Waals surface area (Å²) in [7, 11) is 1.75. The van der Waals surface area contributed by atoms with Crippen molar-refractivity contribution >= 4 is 5.69 Å². The minimum atomic E-state index is 0.563. The van der Waals surface area contributed by atoms with E-state index in [-0.39, 0.29) is 0 Å². The first-order chi connectivity index (χ1) is 14.7. The summed E-state index contributed by atoms with van der Waals surface area (Å²) in [6.45, 7) is 1.32. The fourth-order valence-corrected chi connectivity index (χ4v) is 3.37. The van der Waals surface area contributed by atoms with Gasteiger partial charge < -0.3 is 15.0 Å². The van der Waals surface area contributed by atoms with Crippen molar-refractivity contribution < 1.29 is 4.74 Å². The van der Waals surface area contributed by atoms with Crippen molar-refractivity contribution in [2.24, 2.45) is 4.99 Å². The molecule has 0 amide bonds. The summed E-state index contributed by atoms with van der Waals surface area (Å²) in [6, 6.07) is 28.9. The van der Waals surface area contributed by atoms with E-state index in [1.165, 1.54) is 5.56 Å². The van der Waals surface area contributed by atoms with Gasteiger partial charge in [0.25, 0.3) is 0 Å². The molecule has 2 N–H and O–H groups in total. The molecule has 0 atom stereocenters. The van der Waals surface area contributed by atoms with Crippen LogP contribution >= 0.6 is 0 Å². The standard InChI is InChI=1S/C26H25N3O/c1-28-26-14-15-29(18-25(26)27)17-20-10-12-22(13-11-20)23-8-5-9-24(16-23)30-19-21-6-3-2-4-7-21/h2-16,18H,17,19,27H2,1H3. The number of hydrogen-bond donors (Lipinski definition) is 1. The van der Waals surface area contributed by atoms with E-state index < -0.39 is 0 Å². The molecule has 0 aliphatic heterocycles. The van der Waals surface area contributed by atoms with Crippen LogP contribution in [0.2, 0.25) is 0 Å². The second-order valence-corrected chi connectivity index (χ2v) is 7.18. The molecule has 0 radical (unpaired) electrons. The van der Waals surface area contributed by atoms with Crippen molar-refractivity contribution in [3.05, 3.63) is 114 Å². The SMILES string of the molecule is CN=c1ccn(Cc2ccc(-c3cccc(OCc4ccccc4)c3)cc2)cc1N. The molecule has 0 unspecified atom stereocenters. The van der Waals surface area contributed by atoms with Gasteiger partial charge in [0.15, 0.2) is 0 Å². The Hall–Kier alpha value is -3.79. The lowest BCUT2D eigenvalue weighted by Crippen LogP contribution is -2.12. The summed E-state index contributed by atoms with van der Waals surface area (Å²) in [6.07, 6.45) is 3.92. The predicted octanol–water partition coefficient (Wildman–Crippen LogP) is 4.90. The first-order valence-corrected chi connectivity index (χ1v) is 9.96. The molecule has 0 bridgehead atoms. The van der Waals surface area contributed by atoms with Crippen LogP contribution in [-0.2, 0) is 13.2 Å². The van der Waals surface area contributed by atoms with E-state index in [0.717, 1.165) is 34.3 Å². The number of anilines is 1. The summed E-state index contributed by atoms with van der Waals surface area (Å²) < 4.78 is 8.03. The molecule has 1 aromatic heterocycles. The van der Waals surface area contributed by atoms with Crippen LogP contribution in [0.15, 0.2) is 102 Å². The van der Waals surface area contributed by atoms with Crippen LogP contribution in [-0.4, -0.2) is 11.6 Å². The minimum absolute atomic E-state index is 0.563. The number of hydrogen-bond acceptors (Lipinski definition) is 3. The van der Waals surface area contributed by atoms with Gasteiger partial charge in [-0.05, 0) is 40.5 Å². The third-order valence-electron chi connectivity index (χ3n) is 5.00. The minimum Gasteiger partial charge on any atom is -0.489 e. The van der Waals surface area contributed by atoms with Crippen molar-refractivity contribution in [3.8, 4) is 16.9 Å². The van der Waals surface area contributed by atoms with E-state index in [1.807, 2.05) is 48.8 Å². The molecular weight excluding hydrogens is 370 g/mol. The van der Waals surface area contributed by atoms with Gasteiger partial charge in [-0.1, -0.05) is 66.7 Å². The molecule has 0 aliphatic carbocycles. The third-order valence-corrected chi connectivity index (χ3v) is 5.00. The maximum absolute atomic E-state index is 6.04. The topological polar surface area (TPSA) is 52.5 Å². The molecule has 3 aromatic carbocycles. The van der Waals surface area contributed by atoms with E-state index in [9.17, 15) is 0 Å². The quantitative estimate of drug-likeness (QED) is 0.505. The lowest BCUT2D eigenvalue weighted by Gasteiger charge is -2.10. The molecule has 4 rings (SSSR count). The fraction of sp³-hybridized carbons (Fsp3) is 0.115. The van der Waals surface area contributed by atoms with Gasteiger partial charge in [-0.25, -0.2) is 0 Å². The zero-order valence-corrected chi connectivity index (χ0v) is 17.0. The van der Waals surface area contributed by atoms with Crippen LogP contribution in [0.5, 0.6) is 5.75 Å². The molecule has 0 saturated heterocycles. The summed E-state index contributed by atoms with van der Waals surface area (Å²) in [5, 5.41) is 0.816. The zero-order valence-electron chi connectivity index (χ0n) is 17.0. The molecule has 0 spiro atoms. The molecule has 0 saturated carbocycles. The van der Waals surface area contributed by atoms with Crippen LogP contribution in [0, 0.1) is 0 Å². The largest absolute Gasteiger partial charge is 0.489 e. The first kappa shape index (κ1) is 19.5. The average Bonchev–Trinajstić information content (AvgIpc) is 2.79. The van der Waals surface area contributed by atoms with E-state index in [4.69, 9.17) is 10.5 Å². The molecule has 30 heavy (non-hydrogen) atoms. The lowest BCUT2D eigenvalue weighted by atomic mass is 10.0. The number of nitrogen functional groups attached to an aromatic ring is 1. The highest BCUT2D eigenvalue weighted by molar-refractivity contribution is 5.65. The molecule has 4 nitrogen and oxygen atoms in total. The Kier molecular flexibility index (Phi) is 5.95. The number of rotatable bonds is 6. The van der Waals surface area contributed by atoms with Gasteiger partial charge in [0.1, 0.15) is 12.4 Å². The zero-order chi connectivity index (χ0) is 20.8. The normalized spacial score (nSPS) is 11.4. The van der Waals surface area contributed by atoms with Crippen LogP contribution in [0.3, 0.4) is 0 Å². The number of aromatic nitrogens is 1. The van der Waals surface area contributed by atoms with Gasteiger partial charge in [0.05, 0.1) is 11.0 Å². The summed E-state index contributed by atoms with van der Waals surface area (Å²) in [4.78, 5) is 4.15. The van der Waals surface area contributed by atoms with Gasteiger partial charge >= 0.3 is 0 Å². The van der Waals surface area contributed by atoms with Gasteiger partial charge in [0, 0.05) is 26.0 Å². The van der Waals surface area contributed by atoms with Crippen molar-refractivity contribution in [3.63, 3.8) is 0 Å². The Morgan fingerprint density at radius 3 is 2.37 bits per heavy atom. The van der Waals surface area contributed by atoms with Crippen molar-refractivity contribution in [1.29, 1.82) is 0 Å². The van der Waals surface area contributed by atoms with Crippen molar-refractivity contribution in [2.75, 3.05) is 12.8 Å². The van der Waals surface area contributed by atoms with E-state index in [2.05, 4.69) is 58.1 Å². The van der Waals surface area contributed by atoms with E-state index in [0.29, 0.717) is 12.3 Å². The van der Waals surface area contributed by atoms with Crippen LogP contribution < -0.4 is 15.8 Å². The summed E-state index contributed by atoms with van der Waals surface area (Å²) in [5.41, 5.74) is 11.4. The predicted molar refractivity (Wildman–Crippen MR) is 122 cm³/mol. The van der Waals surface area contributed by atoms with Gasteiger partial charge in [-0.3, -0.25) is 4.99 Å². The van der Waals surface area contributed by atoms with E-state index in [1.54, 1.807) is 7.05 Å². The van der Waals surface area contributed by atoms with Gasteiger partial charge in [0.2, 0.25) is 0 Å². The third kappa shape index (κ3) is 4.78. The van der Waals surface area contributed by atoms with Crippen LogP contribution in [0.25, 0.3) is 11.1 Å². The molecule has 4 heteroatoms. The van der Waals surface area contributed by atoms with Gasteiger partial charge in [-0.15, -0.1) is 0 Å². The van der Waals surface area contributed by atoms with E-state index >= 15 is 0 Å². The Bertz CT molecular complexity index is 1180. The highest BCUT2D eigenvalue weighted by Gasteiger charge is 2.03. The highest BCUT2D eigenvalue weighted by Crippen LogP contribution is 2.25. The first-order valence-electron chi connectivity index (χ1n) is 9.96. The molecule has 150 valence electrons. The lowest BCUT2D eigenvalue weighted by molar-refractivity contribution is 0.306. The Morgan fingerprint density at radius 2 is 1.63 bits per heavy atom. The van der Waals surface area contributed by atoms with Crippen LogP contribution in [0.4, 0.5) is 5.69 Å². The Balaban J connectivity index is 1.45. The fourth-order valence-electron chi connectivity index (χ4n) is 3.37. The molecule has 4 aromatic rings. The number of benzene rings is 3. The second-order valence-electron chi connectivity index (χ2n) is 7.18. The second kappa shape index (κ2) is 9.14. The molecule has 0 aliphatic rings. The van der Waals surface area contributed by atoms with Crippen LogP contribution in [0.1, 0.15) is 11.1 Å². The smallest absolute Gasteiger partial charge is 0.120 e.